The smallest absolute Gasteiger partial charge is 0.339 e. The normalized spacial score (nSPS) is 10.6. The standard InChI is InChI=1S/C18H13Cl2NO4S/c1-24-12-8-7-10-13(19)16(26-15(10)14(12)20)17(22)21-11-6-4-3-5-9(11)18(23)25-2/h3-8H,1-2H3,(H,21,22). The van der Waals surface area contributed by atoms with Crippen LogP contribution in [-0.2, 0) is 4.74 Å². The van der Waals surface area contributed by atoms with Gasteiger partial charge in [-0.3, -0.25) is 4.79 Å². The molecule has 0 bridgehead atoms. The van der Waals surface area contributed by atoms with Crippen LogP contribution in [-0.4, -0.2) is 26.1 Å². The zero-order valence-electron chi connectivity index (χ0n) is 13.8. The molecule has 0 spiro atoms. The molecule has 3 aromatic rings. The zero-order chi connectivity index (χ0) is 18.8. The number of thiophene rings is 1. The zero-order valence-corrected chi connectivity index (χ0v) is 16.1. The molecule has 0 radical (unpaired) electrons. The Kier molecular flexibility index (Phi) is 5.36. The third kappa shape index (κ3) is 3.23. The average Bonchev–Trinajstić information content (AvgIpc) is 2.99. The summed E-state index contributed by atoms with van der Waals surface area (Å²) in [4.78, 5) is 24.9. The van der Waals surface area contributed by atoms with Crippen LogP contribution in [0.25, 0.3) is 10.1 Å². The quantitative estimate of drug-likeness (QED) is 0.597. The van der Waals surface area contributed by atoms with E-state index in [9.17, 15) is 9.59 Å². The number of fused-ring (bicyclic) bond motifs is 1. The molecule has 1 heterocycles. The van der Waals surface area contributed by atoms with Crippen molar-refractivity contribution in [2.24, 2.45) is 0 Å². The molecule has 26 heavy (non-hydrogen) atoms. The summed E-state index contributed by atoms with van der Waals surface area (Å²) in [7, 11) is 2.79. The number of benzene rings is 2. The Hall–Kier alpha value is -2.28. The van der Waals surface area contributed by atoms with Gasteiger partial charge in [0.15, 0.2) is 0 Å². The first kappa shape index (κ1) is 18.5. The summed E-state index contributed by atoms with van der Waals surface area (Å²) in [6, 6.07) is 10.0. The Morgan fingerprint density at radius 3 is 2.46 bits per heavy atom. The van der Waals surface area contributed by atoms with Crippen LogP contribution in [0.1, 0.15) is 20.0 Å². The SMILES string of the molecule is COC(=O)c1ccccc1NC(=O)c1sc2c(Cl)c(OC)ccc2c1Cl. The second kappa shape index (κ2) is 7.53. The van der Waals surface area contributed by atoms with Crippen LogP contribution in [0.3, 0.4) is 0 Å². The van der Waals surface area contributed by atoms with Crippen LogP contribution in [0.4, 0.5) is 5.69 Å². The van der Waals surface area contributed by atoms with Gasteiger partial charge in [-0.1, -0.05) is 35.3 Å². The molecule has 0 aliphatic carbocycles. The van der Waals surface area contributed by atoms with E-state index in [2.05, 4.69) is 5.32 Å². The lowest BCUT2D eigenvalue weighted by molar-refractivity contribution is 0.0602. The molecule has 5 nitrogen and oxygen atoms in total. The number of carbonyl (C=O) groups excluding carboxylic acids is 2. The first-order valence-corrected chi connectivity index (χ1v) is 8.98. The van der Waals surface area contributed by atoms with Gasteiger partial charge in [0.2, 0.25) is 0 Å². The van der Waals surface area contributed by atoms with Crippen molar-refractivity contribution in [1.82, 2.24) is 0 Å². The predicted octanol–water partition coefficient (Wildman–Crippen LogP) is 5.26. The topological polar surface area (TPSA) is 64.6 Å². The molecule has 0 saturated carbocycles. The van der Waals surface area contributed by atoms with Crippen LogP contribution in [0, 0.1) is 0 Å². The summed E-state index contributed by atoms with van der Waals surface area (Å²) in [5, 5.41) is 4.05. The molecular weight excluding hydrogens is 397 g/mol. The molecule has 0 aliphatic rings. The molecular formula is C18H13Cl2NO4S. The summed E-state index contributed by atoms with van der Waals surface area (Å²) in [5.74, 6) is -0.487. The van der Waals surface area contributed by atoms with Crippen molar-refractivity contribution < 1.29 is 19.1 Å². The Balaban J connectivity index is 2.00. The van der Waals surface area contributed by atoms with Crippen molar-refractivity contribution in [3.05, 3.63) is 56.9 Å². The second-order valence-corrected chi connectivity index (χ2v) is 6.97. The Labute approximate surface area is 163 Å². The van der Waals surface area contributed by atoms with Gasteiger partial charge in [-0.15, -0.1) is 11.3 Å². The number of carbonyl (C=O) groups is 2. The lowest BCUT2D eigenvalue weighted by Crippen LogP contribution is -2.14. The maximum Gasteiger partial charge on any atom is 0.339 e. The van der Waals surface area contributed by atoms with Gasteiger partial charge >= 0.3 is 5.97 Å². The highest BCUT2D eigenvalue weighted by molar-refractivity contribution is 7.22. The molecule has 0 unspecified atom stereocenters. The molecule has 1 aromatic heterocycles. The molecule has 2 aromatic carbocycles. The summed E-state index contributed by atoms with van der Waals surface area (Å²) in [5.41, 5.74) is 0.585. The highest BCUT2D eigenvalue weighted by Gasteiger charge is 2.22. The van der Waals surface area contributed by atoms with Crippen LogP contribution in [0.2, 0.25) is 10.0 Å². The number of hydrogen-bond donors (Lipinski definition) is 1. The number of hydrogen-bond acceptors (Lipinski definition) is 5. The minimum absolute atomic E-state index is 0.250. The van der Waals surface area contributed by atoms with Crippen molar-refractivity contribution in [3.8, 4) is 5.75 Å². The van der Waals surface area contributed by atoms with Crippen LogP contribution in [0.15, 0.2) is 36.4 Å². The van der Waals surface area contributed by atoms with E-state index in [-0.39, 0.29) is 10.4 Å². The Morgan fingerprint density at radius 1 is 1.04 bits per heavy atom. The second-order valence-electron chi connectivity index (χ2n) is 5.19. The van der Waals surface area contributed by atoms with Gasteiger partial charge in [0, 0.05) is 5.39 Å². The molecule has 0 fully saturated rings. The first-order valence-electron chi connectivity index (χ1n) is 7.41. The van der Waals surface area contributed by atoms with Crippen LogP contribution >= 0.6 is 34.5 Å². The van der Waals surface area contributed by atoms with E-state index in [1.165, 1.54) is 14.2 Å². The van der Waals surface area contributed by atoms with Crippen molar-refractivity contribution in [2.45, 2.75) is 0 Å². The Morgan fingerprint density at radius 2 is 1.77 bits per heavy atom. The number of rotatable bonds is 4. The molecule has 0 saturated heterocycles. The molecule has 0 aliphatic heterocycles. The molecule has 8 heteroatoms. The monoisotopic (exact) mass is 409 g/mol. The molecule has 1 amide bonds. The van der Waals surface area contributed by atoms with Gasteiger partial charge in [0.25, 0.3) is 5.91 Å². The van der Waals surface area contributed by atoms with Gasteiger partial charge < -0.3 is 14.8 Å². The van der Waals surface area contributed by atoms with E-state index in [4.69, 9.17) is 32.7 Å². The number of methoxy groups -OCH3 is 2. The number of anilines is 1. The number of para-hydroxylation sites is 1. The van der Waals surface area contributed by atoms with Gasteiger partial charge in [-0.25, -0.2) is 4.79 Å². The first-order chi connectivity index (χ1) is 12.5. The summed E-state index contributed by atoms with van der Waals surface area (Å²) < 4.78 is 10.6. The Bertz CT molecular complexity index is 1020. The van der Waals surface area contributed by atoms with Crippen molar-refractivity contribution in [2.75, 3.05) is 19.5 Å². The maximum atomic E-state index is 12.7. The fourth-order valence-electron chi connectivity index (χ4n) is 2.44. The minimum atomic E-state index is -0.545. The van der Waals surface area contributed by atoms with E-state index >= 15 is 0 Å². The molecule has 3 rings (SSSR count). The van der Waals surface area contributed by atoms with Gasteiger partial charge in [-0.05, 0) is 24.3 Å². The van der Waals surface area contributed by atoms with Crippen molar-refractivity contribution in [3.63, 3.8) is 0 Å². The van der Waals surface area contributed by atoms with E-state index in [1.807, 2.05) is 0 Å². The highest BCUT2D eigenvalue weighted by atomic mass is 35.5. The van der Waals surface area contributed by atoms with Gasteiger partial charge in [-0.2, -0.15) is 0 Å². The molecule has 0 atom stereocenters. The van der Waals surface area contributed by atoms with E-state index in [0.717, 1.165) is 11.3 Å². The lowest BCUT2D eigenvalue weighted by Gasteiger charge is -2.08. The van der Waals surface area contributed by atoms with Crippen molar-refractivity contribution >= 4 is 62.2 Å². The fraction of sp³-hybridized carbons (Fsp3) is 0.111. The molecule has 1 N–H and O–H groups in total. The van der Waals surface area contributed by atoms with Crippen LogP contribution < -0.4 is 10.1 Å². The van der Waals surface area contributed by atoms with E-state index in [0.29, 0.717) is 31.6 Å². The summed E-state index contributed by atoms with van der Waals surface area (Å²) in [6.45, 7) is 0. The average molecular weight is 410 g/mol. The number of ether oxygens (including phenoxy) is 2. The summed E-state index contributed by atoms with van der Waals surface area (Å²) >= 11 is 13.8. The highest BCUT2D eigenvalue weighted by Crippen LogP contribution is 2.43. The predicted molar refractivity (Wildman–Crippen MR) is 104 cm³/mol. The number of halogens is 2. The third-order valence-electron chi connectivity index (χ3n) is 3.71. The largest absolute Gasteiger partial charge is 0.495 e. The number of amides is 1. The van der Waals surface area contributed by atoms with Crippen LogP contribution in [0.5, 0.6) is 5.75 Å². The lowest BCUT2D eigenvalue weighted by atomic mass is 10.1. The fourth-order valence-corrected chi connectivity index (χ4v) is 4.23. The van der Waals surface area contributed by atoms with E-state index in [1.54, 1.807) is 36.4 Å². The van der Waals surface area contributed by atoms with E-state index < -0.39 is 11.9 Å². The number of esters is 1. The number of nitrogens with one attached hydrogen (secondary N) is 1. The van der Waals surface area contributed by atoms with Gasteiger partial charge in [0.1, 0.15) is 15.6 Å². The third-order valence-corrected chi connectivity index (χ3v) is 5.92. The minimum Gasteiger partial charge on any atom is -0.495 e. The summed E-state index contributed by atoms with van der Waals surface area (Å²) in [6.07, 6.45) is 0. The maximum absolute atomic E-state index is 12.7. The molecule has 134 valence electrons. The van der Waals surface area contributed by atoms with Gasteiger partial charge in [0.05, 0.1) is 35.2 Å². The van der Waals surface area contributed by atoms with Crippen molar-refractivity contribution in [1.29, 1.82) is 0 Å².